The topological polar surface area (TPSA) is 77.2 Å². The molecule has 0 bridgehead atoms. The minimum Gasteiger partial charge on any atom is -0.489 e. The number of aryl methyl sites for hydroxylation is 1. The van der Waals surface area contributed by atoms with E-state index in [2.05, 4.69) is 15.5 Å². The van der Waals surface area contributed by atoms with Gasteiger partial charge in [-0.25, -0.2) is 4.39 Å². The van der Waals surface area contributed by atoms with Crippen LogP contribution in [0.5, 0.6) is 5.75 Å². The summed E-state index contributed by atoms with van der Waals surface area (Å²) >= 11 is 0. The molecule has 0 atom stereocenters. The molecule has 1 N–H and O–H groups in total. The van der Waals surface area contributed by atoms with E-state index in [1.54, 1.807) is 43.3 Å². The van der Waals surface area contributed by atoms with Crippen molar-refractivity contribution in [1.29, 1.82) is 0 Å². The third-order valence-electron chi connectivity index (χ3n) is 3.32. The zero-order valence-electron chi connectivity index (χ0n) is 13.5. The first-order valence-electron chi connectivity index (χ1n) is 7.65. The van der Waals surface area contributed by atoms with Crippen molar-refractivity contribution in [3.8, 4) is 5.75 Å². The highest BCUT2D eigenvalue weighted by Crippen LogP contribution is 2.17. The van der Waals surface area contributed by atoms with Crippen LogP contribution in [0.1, 0.15) is 17.3 Å². The molecular weight excluding hydrogens is 325 g/mol. The zero-order chi connectivity index (χ0) is 17.6. The molecule has 25 heavy (non-hydrogen) atoms. The predicted octanol–water partition coefficient (Wildman–Crippen LogP) is 3.28. The zero-order valence-corrected chi connectivity index (χ0v) is 13.5. The van der Waals surface area contributed by atoms with Crippen LogP contribution in [-0.2, 0) is 17.8 Å². The van der Waals surface area contributed by atoms with Gasteiger partial charge in [0.05, 0.1) is 6.42 Å². The van der Waals surface area contributed by atoms with Crippen LogP contribution in [0.2, 0.25) is 0 Å². The van der Waals surface area contributed by atoms with Gasteiger partial charge in [-0.1, -0.05) is 17.3 Å². The maximum Gasteiger partial charge on any atom is 0.232 e. The number of halogens is 1. The van der Waals surface area contributed by atoms with E-state index >= 15 is 0 Å². The monoisotopic (exact) mass is 341 g/mol. The van der Waals surface area contributed by atoms with Gasteiger partial charge < -0.3 is 14.6 Å². The van der Waals surface area contributed by atoms with Gasteiger partial charge in [0.25, 0.3) is 0 Å². The fraction of sp³-hybridized carbons (Fsp3) is 0.167. The van der Waals surface area contributed by atoms with E-state index < -0.39 is 0 Å². The Morgan fingerprint density at radius 3 is 2.72 bits per heavy atom. The Hall–Kier alpha value is -3.22. The standard InChI is InChI=1S/C18H16FN3O3/c1-12-20-17(22-25-12)10-18(23)21-15-5-7-16(8-6-15)24-11-13-3-2-4-14(19)9-13/h2-9H,10-11H2,1H3,(H,21,23). The van der Waals surface area contributed by atoms with E-state index in [9.17, 15) is 9.18 Å². The minimum atomic E-state index is -0.295. The molecule has 0 unspecified atom stereocenters. The van der Waals surface area contributed by atoms with Crippen LogP contribution in [0.25, 0.3) is 0 Å². The Morgan fingerprint density at radius 1 is 1.24 bits per heavy atom. The van der Waals surface area contributed by atoms with Crippen LogP contribution in [-0.4, -0.2) is 16.0 Å². The summed E-state index contributed by atoms with van der Waals surface area (Å²) in [6, 6.07) is 13.1. The van der Waals surface area contributed by atoms with Gasteiger partial charge in [-0.3, -0.25) is 4.79 Å². The lowest BCUT2D eigenvalue weighted by molar-refractivity contribution is -0.115. The van der Waals surface area contributed by atoms with Crippen LogP contribution >= 0.6 is 0 Å². The van der Waals surface area contributed by atoms with Gasteiger partial charge in [-0.05, 0) is 42.0 Å². The van der Waals surface area contributed by atoms with Crippen LogP contribution < -0.4 is 10.1 Å². The van der Waals surface area contributed by atoms with Crippen LogP contribution in [0.3, 0.4) is 0 Å². The van der Waals surface area contributed by atoms with E-state index in [1.807, 2.05) is 0 Å². The van der Waals surface area contributed by atoms with Crippen molar-refractivity contribution in [2.75, 3.05) is 5.32 Å². The van der Waals surface area contributed by atoms with Crippen molar-refractivity contribution in [1.82, 2.24) is 10.1 Å². The molecule has 2 aromatic carbocycles. The van der Waals surface area contributed by atoms with Crippen LogP contribution in [0.15, 0.2) is 53.1 Å². The van der Waals surface area contributed by atoms with Gasteiger partial charge in [-0.15, -0.1) is 0 Å². The highest BCUT2D eigenvalue weighted by molar-refractivity contribution is 5.91. The van der Waals surface area contributed by atoms with Crippen molar-refractivity contribution in [2.24, 2.45) is 0 Å². The van der Waals surface area contributed by atoms with Gasteiger partial charge in [0, 0.05) is 12.6 Å². The number of aromatic nitrogens is 2. The fourth-order valence-electron chi connectivity index (χ4n) is 2.19. The number of hydrogen-bond donors (Lipinski definition) is 1. The molecule has 0 aliphatic rings. The van der Waals surface area contributed by atoms with E-state index in [0.29, 0.717) is 23.2 Å². The number of benzene rings is 2. The average Bonchev–Trinajstić information content (AvgIpc) is 2.99. The molecule has 6 nitrogen and oxygen atoms in total. The lowest BCUT2D eigenvalue weighted by Crippen LogP contribution is -2.15. The third kappa shape index (κ3) is 4.87. The van der Waals surface area contributed by atoms with Crippen molar-refractivity contribution in [3.63, 3.8) is 0 Å². The molecule has 0 saturated heterocycles. The average molecular weight is 341 g/mol. The summed E-state index contributed by atoms with van der Waals surface area (Å²) in [5.74, 6) is 0.842. The first kappa shape index (κ1) is 16.6. The molecule has 0 spiro atoms. The van der Waals surface area contributed by atoms with Crippen molar-refractivity contribution >= 4 is 11.6 Å². The second kappa shape index (κ2) is 7.57. The number of hydrogen-bond acceptors (Lipinski definition) is 5. The summed E-state index contributed by atoms with van der Waals surface area (Å²) in [5, 5.41) is 6.42. The highest BCUT2D eigenvalue weighted by Gasteiger charge is 2.09. The summed E-state index contributed by atoms with van der Waals surface area (Å²) in [5.41, 5.74) is 1.37. The van der Waals surface area contributed by atoms with Gasteiger partial charge in [0.15, 0.2) is 5.82 Å². The Labute approximate surface area is 143 Å². The third-order valence-corrected chi connectivity index (χ3v) is 3.32. The molecular formula is C18H16FN3O3. The van der Waals surface area contributed by atoms with Crippen molar-refractivity contribution in [3.05, 3.63) is 71.6 Å². The highest BCUT2D eigenvalue weighted by atomic mass is 19.1. The molecule has 1 amide bonds. The first-order chi connectivity index (χ1) is 12.1. The Bertz CT molecular complexity index is 862. The number of nitrogens with one attached hydrogen (secondary N) is 1. The number of nitrogens with zero attached hydrogens (tertiary/aromatic N) is 2. The summed E-state index contributed by atoms with van der Waals surface area (Å²) in [6.45, 7) is 1.93. The predicted molar refractivity (Wildman–Crippen MR) is 88.5 cm³/mol. The molecule has 0 aliphatic carbocycles. The van der Waals surface area contributed by atoms with E-state index in [0.717, 1.165) is 5.56 Å². The molecule has 1 aromatic heterocycles. The summed E-state index contributed by atoms with van der Waals surface area (Å²) in [4.78, 5) is 15.9. The molecule has 3 aromatic rings. The van der Waals surface area contributed by atoms with Crippen LogP contribution in [0, 0.1) is 12.7 Å². The molecule has 0 saturated carbocycles. The number of amides is 1. The quantitative estimate of drug-likeness (QED) is 0.744. The van der Waals surface area contributed by atoms with Crippen molar-refractivity contribution < 1.29 is 18.4 Å². The molecule has 0 fully saturated rings. The number of ether oxygens (including phenoxy) is 1. The van der Waals surface area contributed by atoms with Crippen LogP contribution in [0.4, 0.5) is 10.1 Å². The van der Waals surface area contributed by atoms with E-state index in [1.165, 1.54) is 12.1 Å². The summed E-state index contributed by atoms with van der Waals surface area (Å²) in [6.07, 6.45) is 0.0369. The molecule has 128 valence electrons. The second-order valence-corrected chi connectivity index (χ2v) is 5.40. The fourth-order valence-corrected chi connectivity index (χ4v) is 2.19. The van der Waals surface area contributed by atoms with Gasteiger partial charge in [-0.2, -0.15) is 4.98 Å². The smallest absolute Gasteiger partial charge is 0.232 e. The normalized spacial score (nSPS) is 10.5. The lowest BCUT2D eigenvalue weighted by Gasteiger charge is -2.08. The largest absolute Gasteiger partial charge is 0.489 e. The second-order valence-electron chi connectivity index (χ2n) is 5.40. The first-order valence-corrected chi connectivity index (χ1v) is 7.65. The van der Waals surface area contributed by atoms with Gasteiger partial charge in [0.2, 0.25) is 11.8 Å². The number of carbonyl (C=O) groups excluding carboxylic acids is 1. The van der Waals surface area contributed by atoms with Crippen molar-refractivity contribution in [2.45, 2.75) is 20.0 Å². The Kier molecular flexibility index (Phi) is 5.03. The van der Waals surface area contributed by atoms with Gasteiger partial charge >= 0.3 is 0 Å². The van der Waals surface area contributed by atoms with E-state index in [4.69, 9.17) is 9.26 Å². The molecule has 0 aliphatic heterocycles. The Morgan fingerprint density at radius 2 is 2.04 bits per heavy atom. The maximum atomic E-state index is 13.1. The molecule has 0 radical (unpaired) electrons. The van der Waals surface area contributed by atoms with Gasteiger partial charge in [0.1, 0.15) is 18.2 Å². The molecule has 7 heteroatoms. The lowest BCUT2D eigenvalue weighted by atomic mass is 10.2. The minimum absolute atomic E-state index is 0.0369. The maximum absolute atomic E-state index is 13.1. The summed E-state index contributed by atoms with van der Waals surface area (Å²) < 4.78 is 23.5. The number of carbonyl (C=O) groups is 1. The molecule has 1 heterocycles. The number of rotatable bonds is 6. The molecule has 3 rings (SSSR count). The number of anilines is 1. The van der Waals surface area contributed by atoms with E-state index in [-0.39, 0.29) is 24.8 Å². The Balaban J connectivity index is 1.52. The summed E-state index contributed by atoms with van der Waals surface area (Å²) in [7, 11) is 0. The SMILES string of the molecule is Cc1nc(CC(=O)Nc2ccc(OCc3cccc(F)c3)cc2)no1.